The predicted molar refractivity (Wildman–Crippen MR) is 111 cm³/mol. The zero-order chi connectivity index (χ0) is 21.4. The lowest BCUT2D eigenvalue weighted by Gasteiger charge is -2.34. The highest BCUT2D eigenvalue weighted by molar-refractivity contribution is 5.99. The molecule has 0 bridgehead atoms. The molecule has 0 spiro atoms. The van der Waals surface area contributed by atoms with Crippen LogP contribution in [0, 0.1) is 17.8 Å². The first-order chi connectivity index (χ1) is 13.8. The fourth-order valence-corrected chi connectivity index (χ4v) is 4.13. The van der Waals surface area contributed by atoms with Gasteiger partial charge in [-0.15, -0.1) is 0 Å². The standard InChI is InChI=1S/C24H34O5/c1-16(2)28-23(26)22(24(27)29-17(3)4)20(18-11-7-5-8-12-18)15-21(25)19-13-9-6-10-14-19/h6,9-10,13-14,16-18,20,22H,5,7-8,11-12,15H2,1-4H3. The van der Waals surface area contributed by atoms with Crippen LogP contribution in [0.4, 0.5) is 0 Å². The van der Waals surface area contributed by atoms with Gasteiger partial charge in [0.05, 0.1) is 12.2 Å². The van der Waals surface area contributed by atoms with Gasteiger partial charge in [0.1, 0.15) is 0 Å². The molecule has 160 valence electrons. The Morgan fingerprint density at radius 1 is 0.862 bits per heavy atom. The molecular weight excluding hydrogens is 368 g/mol. The predicted octanol–water partition coefficient (Wildman–Crippen LogP) is 4.98. The average Bonchev–Trinajstić information content (AvgIpc) is 2.67. The lowest BCUT2D eigenvalue weighted by Crippen LogP contribution is -2.41. The number of ketones is 1. The van der Waals surface area contributed by atoms with Gasteiger partial charge in [-0.3, -0.25) is 14.4 Å². The van der Waals surface area contributed by atoms with Crippen molar-refractivity contribution in [2.75, 3.05) is 0 Å². The van der Waals surface area contributed by atoms with Crippen LogP contribution in [0.1, 0.15) is 76.6 Å². The highest BCUT2D eigenvalue weighted by Crippen LogP contribution is 2.38. The molecule has 0 aliphatic heterocycles. The summed E-state index contributed by atoms with van der Waals surface area (Å²) in [4.78, 5) is 38.9. The summed E-state index contributed by atoms with van der Waals surface area (Å²) in [5.41, 5.74) is 0.599. The van der Waals surface area contributed by atoms with E-state index in [0.717, 1.165) is 32.1 Å². The van der Waals surface area contributed by atoms with E-state index in [9.17, 15) is 14.4 Å². The second kappa shape index (κ2) is 11.1. The lowest BCUT2D eigenvalue weighted by molar-refractivity contribution is -0.170. The molecular formula is C24H34O5. The van der Waals surface area contributed by atoms with Gasteiger partial charge in [0.15, 0.2) is 11.7 Å². The summed E-state index contributed by atoms with van der Waals surface area (Å²) < 4.78 is 10.8. The summed E-state index contributed by atoms with van der Waals surface area (Å²) in [6.45, 7) is 7.03. The number of rotatable bonds is 9. The van der Waals surface area contributed by atoms with Gasteiger partial charge >= 0.3 is 11.9 Å². The number of ether oxygens (including phenoxy) is 2. The first kappa shape index (κ1) is 23.1. The molecule has 0 N–H and O–H groups in total. The van der Waals surface area contributed by atoms with Crippen LogP contribution in [-0.2, 0) is 19.1 Å². The Balaban J connectivity index is 2.34. The van der Waals surface area contributed by atoms with Gasteiger partial charge in [-0.1, -0.05) is 62.4 Å². The van der Waals surface area contributed by atoms with Crippen LogP contribution in [0.3, 0.4) is 0 Å². The zero-order valence-electron chi connectivity index (χ0n) is 18.1. The largest absolute Gasteiger partial charge is 0.462 e. The highest BCUT2D eigenvalue weighted by atomic mass is 16.6. The fraction of sp³-hybridized carbons (Fsp3) is 0.625. The molecule has 1 fully saturated rings. The molecule has 0 heterocycles. The zero-order valence-corrected chi connectivity index (χ0v) is 18.1. The maximum absolute atomic E-state index is 13.0. The van der Waals surface area contributed by atoms with Crippen molar-refractivity contribution in [1.29, 1.82) is 0 Å². The van der Waals surface area contributed by atoms with Crippen LogP contribution in [0.15, 0.2) is 30.3 Å². The Hall–Kier alpha value is -2.17. The number of Topliss-reactive ketones (excluding diaryl/α,β-unsaturated/α-hetero) is 1. The van der Waals surface area contributed by atoms with Gasteiger partial charge in [-0.2, -0.15) is 0 Å². The van der Waals surface area contributed by atoms with Crippen molar-refractivity contribution in [2.24, 2.45) is 17.8 Å². The van der Waals surface area contributed by atoms with Crippen molar-refractivity contribution < 1.29 is 23.9 Å². The number of benzene rings is 1. The summed E-state index contributed by atoms with van der Waals surface area (Å²) in [7, 11) is 0. The molecule has 1 aliphatic rings. The van der Waals surface area contributed by atoms with E-state index in [-0.39, 0.29) is 30.3 Å². The van der Waals surface area contributed by atoms with E-state index >= 15 is 0 Å². The van der Waals surface area contributed by atoms with Crippen LogP contribution in [0.2, 0.25) is 0 Å². The molecule has 0 amide bonds. The van der Waals surface area contributed by atoms with Crippen LogP contribution >= 0.6 is 0 Å². The Kier molecular flexibility index (Phi) is 8.87. The molecule has 2 rings (SSSR count). The monoisotopic (exact) mass is 402 g/mol. The second-order valence-corrected chi connectivity index (χ2v) is 8.50. The number of hydrogen-bond donors (Lipinski definition) is 0. The number of carbonyl (C=O) groups excluding carboxylic acids is 3. The topological polar surface area (TPSA) is 69.7 Å². The molecule has 0 radical (unpaired) electrons. The summed E-state index contributed by atoms with van der Waals surface area (Å²) in [5, 5.41) is 0. The molecule has 29 heavy (non-hydrogen) atoms. The summed E-state index contributed by atoms with van der Waals surface area (Å²) in [5.74, 6) is -2.58. The van der Waals surface area contributed by atoms with Crippen molar-refractivity contribution >= 4 is 17.7 Å². The molecule has 1 aliphatic carbocycles. The van der Waals surface area contributed by atoms with Crippen LogP contribution in [-0.4, -0.2) is 29.9 Å². The normalized spacial score (nSPS) is 16.1. The van der Waals surface area contributed by atoms with Crippen molar-refractivity contribution in [2.45, 2.75) is 78.4 Å². The van der Waals surface area contributed by atoms with Crippen molar-refractivity contribution in [1.82, 2.24) is 0 Å². The quantitative estimate of drug-likeness (QED) is 0.331. The van der Waals surface area contributed by atoms with Crippen molar-refractivity contribution in [3.05, 3.63) is 35.9 Å². The average molecular weight is 403 g/mol. The van der Waals surface area contributed by atoms with E-state index in [1.807, 2.05) is 18.2 Å². The first-order valence-electron chi connectivity index (χ1n) is 10.8. The van der Waals surface area contributed by atoms with Gasteiger partial charge in [-0.05, 0) is 39.5 Å². The van der Waals surface area contributed by atoms with Gasteiger partial charge in [0.25, 0.3) is 0 Å². The molecule has 1 aromatic carbocycles. The lowest BCUT2D eigenvalue weighted by atomic mass is 9.71. The third-order valence-electron chi connectivity index (χ3n) is 5.41. The van der Waals surface area contributed by atoms with Gasteiger partial charge in [-0.25, -0.2) is 0 Å². The van der Waals surface area contributed by atoms with Gasteiger partial charge in [0, 0.05) is 12.0 Å². The SMILES string of the molecule is CC(C)OC(=O)C(C(=O)OC(C)C)C(CC(=O)c1ccccc1)C1CCCCC1. The van der Waals surface area contributed by atoms with Gasteiger partial charge in [0.2, 0.25) is 0 Å². The second-order valence-electron chi connectivity index (χ2n) is 8.50. The summed E-state index contributed by atoms with van der Waals surface area (Å²) >= 11 is 0. The van der Waals surface area contributed by atoms with Crippen molar-refractivity contribution in [3.63, 3.8) is 0 Å². The summed E-state index contributed by atoms with van der Waals surface area (Å²) in [6, 6.07) is 9.04. The van der Waals surface area contributed by atoms with Crippen LogP contribution in [0.25, 0.3) is 0 Å². The van der Waals surface area contributed by atoms with Crippen LogP contribution < -0.4 is 0 Å². The molecule has 1 aromatic rings. The Labute approximate surface area is 174 Å². The molecule has 1 unspecified atom stereocenters. The minimum atomic E-state index is -1.07. The van der Waals surface area contributed by atoms with Crippen molar-refractivity contribution in [3.8, 4) is 0 Å². The maximum atomic E-state index is 13.0. The number of esters is 2. The number of hydrogen-bond acceptors (Lipinski definition) is 5. The molecule has 5 heteroatoms. The Morgan fingerprint density at radius 2 is 1.38 bits per heavy atom. The summed E-state index contributed by atoms with van der Waals surface area (Å²) in [6.07, 6.45) is 4.52. The third-order valence-corrected chi connectivity index (χ3v) is 5.41. The van der Waals surface area contributed by atoms with E-state index in [1.54, 1.807) is 39.8 Å². The van der Waals surface area contributed by atoms with Gasteiger partial charge < -0.3 is 9.47 Å². The third kappa shape index (κ3) is 6.98. The first-order valence-corrected chi connectivity index (χ1v) is 10.8. The van der Waals surface area contributed by atoms with E-state index in [1.165, 1.54) is 0 Å². The van der Waals surface area contributed by atoms with E-state index < -0.39 is 23.8 Å². The Morgan fingerprint density at radius 3 is 1.86 bits per heavy atom. The molecule has 1 saturated carbocycles. The van der Waals surface area contributed by atoms with E-state index in [4.69, 9.17) is 9.47 Å². The van der Waals surface area contributed by atoms with E-state index in [2.05, 4.69) is 0 Å². The van der Waals surface area contributed by atoms with E-state index in [0.29, 0.717) is 5.56 Å². The Bertz CT molecular complexity index is 652. The van der Waals surface area contributed by atoms with Crippen LogP contribution in [0.5, 0.6) is 0 Å². The molecule has 1 atom stereocenters. The maximum Gasteiger partial charge on any atom is 0.320 e. The number of carbonyl (C=O) groups is 3. The molecule has 0 aromatic heterocycles. The minimum Gasteiger partial charge on any atom is -0.462 e. The molecule has 5 nitrogen and oxygen atoms in total. The smallest absolute Gasteiger partial charge is 0.320 e. The molecule has 0 saturated heterocycles. The minimum absolute atomic E-state index is 0.0548. The fourth-order valence-electron chi connectivity index (χ4n) is 4.13. The highest BCUT2D eigenvalue weighted by Gasteiger charge is 2.43.